The van der Waals surface area contributed by atoms with E-state index >= 15 is 0 Å². The summed E-state index contributed by atoms with van der Waals surface area (Å²) < 4.78 is 43.7. The summed E-state index contributed by atoms with van der Waals surface area (Å²) in [7, 11) is 0. The molecule has 1 unspecified atom stereocenters. The molecule has 0 heterocycles. The summed E-state index contributed by atoms with van der Waals surface area (Å²) in [6.07, 6.45) is -3.79. The Kier molecular flexibility index (Phi) is 5.43. The minimum Gasteiger partial charge on any atom is -0.491 e. The van der Waals surface area contributed by atoms with Crippen LogP contribution in [0.25, 0.3) is 0 Å². The van der Waals surface area contributed by atoms with E-state index < -0.39 is 13.0 Å². The van der Waals surface area contributed by atoms with Crippen LogP contribution in [0, 0.1) is 0 Å². The molecule has 1 aromatic carbocycles. The van der Waals surface area contributed by atoms with E-state index in [1.165, 1.54) is 0 Å². The Labute approximate surface area is 104 Å². The molecule has 1 aromatic rings. The van der Waals surface area contributed by atoms with Crippen LogP contribution in [0.3, 0.4) is 0 Å². The van der Waals surface area contributed by atoms with Gasteiger partial charge in [-0.15, -0.1) is 13.2 Å². The Hall–Kier alpha value is -1.27. The van der Waals surface area contributed by atoms with Crippen LogP contribution in [-0.4, -0.2) is 19.6 Å². The number of nitrogens with two attached hydrogens (primary N) is 1. The first-order valence-electron chi connectivity index (χ1n) is 5.61. The SMILES string of the molecule is CCC(N)c1ccc(OCCOC(F)(F)F)cc1. The monoisotopic (exact) mass is 263 g/mol. The molecule has 0 fully saturated rings. The zero-order valence-electron chi connectivity index (χ0n) is 10.0. The number of ether oxygens (including phenoxy) is 2. The zero-order valence-corrected chi connectivity index (χ0v) is 10.0. The lowest BCUT2D eigenvalue weighted by Crippen LogP contribution is -2.18. The molecule has 18 heavy (non-hydrogen) atoms. The van der Waals surface area contributed by atoms with Crippen LogP contribution in [0.1, 0.15) is 24.9 Å². The molecular formula is C12H16F3NO2. The second kappa shape index (κ2) is 6.61. The summed E-state index contributed by atoms with van der Waals surface area (Å²) >= 11 is 0. The van der Waals surface area contributed by atoms with Crippen LogP contribution < -0.4 is 10.5 Å². The van der Waals surface area contributed by atoms with Crippen LogP contribution in [0.4, 0.5) is 13.2 Å². The van der Waals surface area contributed by atoms with E-state index in [1.54, 1.807) is 24.3 Å². The van der Waals surface area contributed by atoms with E-state index in [2.05, 4.69) is 4.74 Å². The lowest BCUT2D eigenvalue weighted by atomic mass is 10.1. The predicted molar refractivity (Wildman–Crippen MR) is 61.2 cm³/mol. The highest BCUT2D eigenvalue weighted by molar-refractivity contribution is 5.28. The predicted octanol–water partition coefficient (Wildman–Crippen LogP) is 3.01. The number of alkyl halides is 3. The molecule has 0 saturated carbocycles. The fourth-order valence-electron chi connectivity index (χ4n) is 1.36. The van der Waals surface area contributed by atoms with E-state index in [9.17, 15) is 13.2 Å². The van der Waals surface area contributed by atoms with Crippen molar-refractivity contribution < 1.29 is 22.6 Å². The Morgan fingerprint density at radius 3 is 2.28 bits per heavy atom. The van der Waals surface area contributed by atoms with Crippen molar-refractivity contribution in [1.29, 1.82) is 0 Å². The summed E-state index contributed by atoms with van der Waals surface area (Å²) in [4.78, 5) is 0. The van der Waals surface area contributed by atoms with Gasteiger partial charge in [0.15, 0.2) is 0 Å². The summed E-state index contributed by atoms with van der Waals surface area (Å²) in [6, 6.07) is 6.92. The highest BCUT2D eigenvalue weighted by atomic mass is 19.4. The maximum Gasteiger partial charge on any atom is 0.522 e. The molecule has 0 aliphatic heterocycles. The molecule has 0 bridgehead atoms. The molecule has 2 N–H and O–H groups in total. The summed E-state index contributed by atoms with van der Waals surface area (Å²) in [5.74, 6) is 0.493. The topological polar surface area (TPSA) is 44.5 Å². The summed E-state index contributed by atoms with van der Waals surface area (Å²) in [6.45, 7) is 1.29. The number of hydrogen-bond acceptors (Lipinski definition) is 3. The van der Waals surface area contributed by atoms with Crippen molar-refractivity contribution in [1.82, 2.24) is 0 Å². The average Bonchev–Trinajstić information content (AvgIpc) is 2.33. The van der Waals surface area contributed by atoms with Gasteiger partial charge in [-0.25, -0.2) is 0 Å². The molecule has 0 amide bonds. The molecule has 1 atom stereocenters. The Morgan fingerprint density at radius 2 is 1.78 bits per heavy atom. The Bertz CT molecular complexity index is 351. The second-order valence-corrected chi connectivity index (χ2v) is 3.73. The molecule has 0 aliphatic carbocycles. The number of rotatable bonds is 6. The molecule has 0 spiro atoms. The van der Waals surface area contributed by atoms with Crippen LogP contribution in [0.2, 0.25) is 0 Å². The van der Waals surface area contributed by atoms with Gasteiger partial charge in [0, 0.05) is 6.04 Å². The van der Waals surface area contributed by atoms with Gasteiger partial charge in [-0.1, -0.05) is 19.1 Å². The molecule has 0 aromatic heterocycles. The third-order valence-corrected chi connectivity index (χ3v) is 2.37. The van der Waals surface area contributed by atoms with Crippen molar-refractivity contribution in [2.45, 2.75) is 25.7 Å². The van der Waals surface area contributed by atoms with Gasteiger partial charge in [-0.3, -0.25) is 4.74 Å². The first-order chi connectivity index (χ1) is 8.42. The number of halogens is 3. The minimum atomic E-state index is -4.61. The molecule has 0 radical (unpaired) electrons. The van der Waals surface area contributed by atoms with E-state index in [4.69, 9.17) is 10.5 Å². The Morgan fingerprint density at radius 1 is 1.17 bits per heavy atom. The van der Waals surface area contributed by atoms with E-state index in [-0.39, 0.29) is 12.6 Å². The summed E-state index contributed by atoms with van der Waals surface area (Å²) in [5.41, 5.74) is 6.80. The van der Waals surface area contributed by atoms with Crippen molar-refractivity contribution in [3.63, 3.8) is 0 Å². The van der Waals surface area contributed by atoms with Crippen LogP contribution in [-0.2, 0) is 4.74 Å². The van der Waals surface area contributed by atoms with Crippen LogP contribution >= 0.6 is 0 Å². The molecule has 3 nitrogen and oxygen atoms in total. The van der Waals surface area contributed by atoms with Gasteiger partial charge in [0.25, 0.3) is 0 Å². The fourth-order valence-corrected chi connectivity index (χ4v) is 1.36. The number of hydrogen-bond donors (Lipinski definition) is 1. The normalized spacial score (nSPS) is 13.4. The van der Waals surface area contributed by atoms with Crippen LogP contribution in [0.5, 0.6) is 5.75 Å². The van der Waals surface area contributed by atoms with Gasteiger partial charge in [0.1, 0.15) is 12.4 Å². The van der Waals surface area contributed by atoms with Crippen molar-refractivity contribution in [3.05, 3.63) is 29.8 Å². The quantitative estimate of drug-likeness (QED) is 0.802. The van der Waals surface area contributed by atoms with Crippen molar-refractivity contribution >= 4 is 0 Å². The molecule has 6 heteroatoms. The second-order valence-electron chi connectivity index (χ2n) is 3.73. The average molecular weight is 263 g/mol. The van der Waals surface area contributed by atoms with Crippen molar-refractivity contribution in [2.75, 3.05) is 13.2 Å². The van der Waals surface area contributed by atoms with Crippen LogP contribution in [0.15, 0.2) is 24.3 Å². The molecular weight excluding hydrogens is 247 g/mol. The maximum atomic E-state index is 11.7. The maximum absolute atomic E-state index is 11.7. The third-order valence-electron chi connectivity index (χ3n) is 2.37. The molecule has 102 valence electrons. The largest absolute Gasteiger partial charge is 0.522 e. The van der Waals surface area contributed by atoms with Gasteiger partial charge in [0.2, 0.25) is 0 Å². The number of benzene rings is 1. The standard InChI is InChI=1S/C12H16F3NO2/c1-2-11(16)9-3-5-10(6-4-9)17-7-8-18-12(13,14)15/h3-6,11H,2,7-8,16H2,1H3. The lowest BCUT2D eigenvalue weighted by Gasteiger charge is -2.11. The highest BCUT2D eigenvalue weighted by Gasteiger charge is 2.28. The Balaban J connectivity index is 2.35. The zero-order chi connectivity index (χ0) is 13.6. The van der Waals surface area contributed by atoms with Gasteiger partial charge < -0.3 is 10.5 Å². The van der Waals surface area contributed by atoms with Gasteiger partial charge in [-0.05, 0) is 24.1 Å². The van der Waals surface area contributed by atoms with Crippen molar-refractivity contribution in [2.24, 2.45) is 5.73 Å². The van der Waals surface area contributed by atoms with Gasteiger partial charge >= 0.3 is 6.36 Å². The van der Waals surface area contributed by atoms with Crippen molar-refractivity contribution in [3.8, 4) is 5.75 Å². The smallest absolute Gasteiger partial charge is 0.491 e. The van der Waals surface area contributed by atoms with Gasteiger partial charge in [-0.2, -0.15) is 0 Å². The lowest BCUT2D eigenvalue weighted by molar-refractivity contribution is -0.325. The fraction of sp³-hybridized carbons (Fsp3) is 0.500. The molecule has 0 saturated heterocycles. The van der Waals surface area contributed by atoms with E-state index in [1.807, 2.05) is 6.92 Å². The third kappa shape index (κ3) is 5.37. The first kappa shape index (κ1) is 14.8. The molecule has 0 aliphatic rings. The van der Waals surface area contributed by atoms with E-state index in [0.717, 1.165) is 12.0 Å². The van der Waals surface area contributed by atoms with Gasteiger partial charge in [0.05, 0.1) is 6.61 Å². The molecule has 1 rings (SSSR count). The highest BCUT2D eigenvalue weighted by Crippen LogP contribution is 2.19. The van der Waals surface area contributed by atoms with E-state index in [0.29, 0.717) is 5.75 Å². The minimum absolute atomic E-state index is 0.0346. The first-order valence-corrected chi connectivity index (χ1v) is 5.61. The summed E-state index contributed by atoms with van der Waals surface area (Å²) in [5, 5.41) is 0.